The van der Waals surface area contributed by atoms with Gasteiger partial charge in [0.1, 0.15) is 0 Å². The summed E-state index contributed by atoms with van der Waals surface area (Å²) in [6.07, 6.45) is 7.31. The summed E-state index contributed by atoms with van der Waals surface area (Å²) in [5, 5.41) is 10.8. The number of aromatic nitrogens is 2. The van der Waals surface area contributed by atoms with Crippen LogP contribution < -0.4 is 5.32 Å². The van der Waals surface area contributed by atoms with Gasteiger partial charge in [-0.2, -0.15) is 4.98 Å². The Labute approximate surface area is 195 Å². The van der Waals surface area contributed by atoms with Gasteiger partial charge in [-0.05, 0) is 66.8 Å². The molecule has 4 aromatic rings. The van der Waals surface area contributed by atoms with E-state index in [0.29, 0.717) is 23.9 Å². The SMILES string of the molecule is CC(NC1CCCC(c2ccc(-c3noc(C4CC4)n3)cc2)C1)c1cccc2ccccc12. The summed E-state index contributed by atoms with van der Waals surface area (Å²) in [5.74, 6) is 2.61. The van der Waals surface area contributed by atoms with E-state index in [1.165, 1.54) is 60.4 Å². The van der Waals surface area contributed by atoms with Crippen molar-refractivity contribution in [2.75, 3.05) is 0 Å². The van der Waals surface area contributed by atoms with Gasteiger partial charge in [0.25, 0.3) is 0 Å². The summed E-state index contributed by atoms with van der Waals surface area (Å²) in [7, 11) is 0. The van der Waals surface area contributed by atoms with Crippen LogP contribution in [0.3, 0.4) is 0 Å². The van der Waals surface area contributed by atoms with E-state index in [1.807, 2.05) is 0 Å². The molecule has 0 bridgehead atoms. The van der Waals surface area contributed by atoms with E-state index >= 15 is 0 Å². The lowest BCUT2D eigenvalue weighted by Gasteiger charge is -2.32. The summed E-state index contributed by atoms with van der Waals surface area (Å²) in [4.78, 5) is 4.59. The lowest BCUT2D eigenvalue weighted by molar-refractivity contribution is 0.319. The fourth-order valence-electron chi connectivity index (χ4n) is 5.47. The van der Waals surface area contributed by atoms with Gasteiger partial charge in [0.05, 0.1) is 0 Å². The number of nitrogens with one attached hydrogen (secondary N) is 1. The maximum Gasteiger partial charge on any atom is 0.230 e. The molecule has 0 aliphatic heterocycles. The molecule has 2 aliphatic rings. The van der Waals surface area contributed by atoms with Crippen LogP contribution >= 0.6 is 0 Å². The first-order valence-electron chi connectivity index (χ1n) is 12.4. The molecular weight excluding hydrogens is 406 g/mol. The highest BCUT2D eigenvalue weighted by molar-refractivity contribution is 5.86. The topological polar surface area (TPSA) is 51.0 Å². The first kappa shape index (κ1) is 20.6. The molecule has 4 heteroatoms. The minimum absolute atomic E-state index is 0.334. The van der Waals surface area contributed by atoms with Crippen molar-refractivity contribution in [1.29, 1.82) is 0 Å². The highest BCUT2D eigenvalue weighted by atomic mass is 16.5. The van der Waals surface area contributed by atoms with Crippen LogP contribution in [0.5, 0.6) is 0 Å². The van der Waals surface area contributed by atoms with Gasteiger partial charge in [-0.15, -0.1) is 0 Å². The van der Waals surface area contributed by atoms with Crippen molar-refractivity contribution in [2.45, 2.75) is 69.4 Å². The molecule has 0 amide bonds. The van der Waals surface area contributed by atoms with Gasteiger partial charge < -0.3 is 9.84 Å². The van der Waals surface area contributed by atoms with Crippen LogP contribution in [0.1, 0.15) is 80.3 Å². The third-order valence-electron chi connectivity index (χ3n) is 7.46. The van der Waals surface area contributed by atoms with Gasteiger partial charge in [-0.3, -0.25) is 0 Å². The van der Waals surface area contributed by atoms with Crippen LogP contribution in [0.4, 0.5) is 0 Å². The molecule has 1 N–H and O–H groups in total. The highest BCUT2D eigenvalue weighted by Gasteiger charge is 2.30. The number of fused-ring (bicyclic) bond motifs is 1. The van der Waals surface area contributed by atoms with E-state index in [-0.39, 0.29) is 0 Å². The standard InChI is InChI=1S/C29H31N3O/c1-19(26-11-5-7-21-6-2-3-10-27(21)26)30-25-9-4-8-24(18-25)20-12-14-22(15-13-20)28-31-29(33-32-28)23-16-17-23/h2-3,5-7,10-15,19,23-25,30H,4,8-9,16-18H2,1H3. The van der Waals surface area contributed by atoms with Gasteiger partial charge in [0.15, 0.2) is 0 Å². The molecule has 0 saturated heterocycles. The molecule has 2 saturated carbocycles. The zero-order valence-corrected chi connectivity index (χ0v) is 19.2. The third kappa shape index (κ3) is 4.32. The molecule has 3 unspecified atom stereocenters. The molecule has 1 heterocycles. The first-order chi connectivity index (χ1) is 16.2. The van der Waals surface area contributed by atoms with Gasteiger partial charge in [0, 0.05) is 23.6 Å². The van der Waals surface area contributed by atoms with Crippen molar-refractivity contribution in [3.05, 3.63) is 83.7 Å². The summed E-state index contributed by atoms with van der Waals surface area (Å²) in [6.45, 7) is 2.31. The fraction of sp³-hybridized carbons (Fsp3) is 0.379. The molecule has 4 nitrogen and oxygen atoms in total. The van der Waals surface area contributed by atoms with E-state index in [2.05, 4.69) is 89.1 Å². The van der Waals surface area contributed by atoms with E-state index in [4.69, 9.17) is 4.52 Å². The van der Waals surface area contributed by atoms with Crippen molar-refractivity contribution in [1.82, 2.24) is 15.5 Å². The average Bonchev–Trinajstić information content (AvgIpc) is 3.60. The molecule has 1 aromatic heterocycles. The van der Waals surface area contributed by atoms with Crippen LogP contribution in [-0.4, -0.2) is 16.2 Å². The summed E-state index contributed by atoms with van der Waals surface area (Å²) in [5.41, 5.74) is 3.86. The highest BCUT2D eigenvalue weighted by Crippen LogP contribution is 2.40. The first-order valence-corrected chi connectivity index (χ1v) is 12.4. The fourth-order valence-corrected chi connectivity index (χ4v) is 5.47. The van der Waals surface area contributed by atoms with E-state index in [0.717, 1.165) is 17.3 Å². The second-order valence-electron chi connectivity index (χ2n) is 9.87. The maximum absolute atomic E-state index is 5.43. The van der Waals surface area contributed by atoms with Crippen molar-refractivity contribution in [3.63, 3.8) is 0 Å². The predicted octanol–water partition coefficient (Wildman–Crippen LogP) is 7.14. The van der Waals surface area contributed by atoms with Crippen LogP contribution in [-0.2, 0) is 0 Å². The number of hydrogen-bond donors (Lipinski definition) is 1. The van der Waals surface area contributed by atoms with E-state index in [9.17, 15) is 0 Å². The second-order valence-corrected chi connectivity index (χ2v) is 9.87. The molecule has 3 aromatic carbocycles. The summed E-state index contributed by atoms with van der Waals surface area (Å²) >= 11 is 0. The van der Waals surface area contributed by atoms with Crippen molar-refractivity contribution >= 4 is 10.8 Å². The van der Waals surface area contributed by atoms with Crippen LogP contribution in [0, 0.1) is 0 Å². The Balaban J connectivity index is 1.13. The van der Waals surface area contributed by atoms with Gasteiger partial charge in [0.2, 0.25) is 11.7 Å². The third-order valence-corrected chi connectivity index (χ3v) is 7.46. The van der Waals surface area contributed by atoms with Crippen LogP contribution in [0.15, 0.2) is 71.3 Å². The Hall–Kier alpha value is -2.98. The quantitative estimate of drug-likeness (QED) is 0.348. The number of benzene rings is 3. The lowest BCUT2D eigenvalue weighted by atomic mass is 9.80. The summed E-state index contributed by atoms with van der Waals surface area (Å²) in [6, 6.07) is 25.1. The van der Waals surface area contributed by atoms with Crippen LogP contribution in [0.2, 0.25) is 0 Å². The smallest absolute Gasteiger partial charge is 0.230 e. The second kappa shape index (κ2) is 8.75. The Morgan fingerprint density at radius 3 is 2.55 bits per heavy atom. The van der Waals surface area contributed by atoms with Crippen LogP contribution in [0.25, 0.3) is 22.2 Å². The number of rotatable bonds is 6. The minimum atomic E-state index is 0.334. The van der Waals surface area contributed by atoms with Crippen molar-refractivity contribution in [2.24, 2.45) is 0 Å². The molecule has 168 valence electrons. The molecule has 3 atom stereocenters. The molecular formula is C29H31N3O. The minimum Gasteiger partial charge on any atom is -0.339 e. The Morgan fingerprint density at radius 2 is 1.70 bits per heavy atom. The molecule has 0 radical (unpaired) electrons. The van der Waals surface area contributed by atoms with Crippen molar-refractivity contribution in [3.8, 4) is 11.4 Å². The number of hydrogen-bond acceptors (Lipinski definition) is 4. The number of nitrogens with zero attached hydrogens (tertiary/aromatic N) is 2. The van der Waals surface area contributed by atoms with Gasteiger partial charge >= 0.3 is 0 Å². The molecule has 0 spiro atoms. The lowest BCUT2D eigenvalue weighted by Crippen LogP contribution is -2.35. The Morgan fingerprint density at radius 1 is 0.879 bits per heavy atom. The predicted molar refractivity (Wildman–Crippen MR) is 132 cm³/mol. The van der Waals surface area contributed by atoms with Gasteiger partial charge in [-0.25, -0.2) is 0 Å². The van der Waals surface area contributed by atoms with E-state index < -0.39 is 0 Å². The molecule has 2 aliphatic carbocycles. The van der Waals surface area contributed by atoms with E-state index in [1.54, 1.807) is 0 Å². The molecule has 2 fully saturated rings. The Bertz CT molecular complexity index is 1240. The Kier molecular flexibility index (Phi) is 5.47. The summed E-state index contributed by atoms with van der Waals surface area (Å²) < 4.78 is 5.43. The molecule has 33 heavy (non-hydrogen) atoms. The molecule has 6 rings (SSSR count). The van der Waals surface area contributed by atoms with Gasteiger partial charge in [-0.1, -0.05) is 78.3 Å². The maximum atomic E-state index is 5.43. The average molecular weight is 438 g/mol. The zero-order valence-electron chi connectivity index (χ0n) is 19.2. The largest absolute Gasteiger partial charge is 0.339 e. The van der Waals surface area contributed by atoms with Crippen molar-refractivity contribution < 1.29 is 4.52 Å². The normalized spacial score (nSPS) is 21.8. The monoisotopic (exact) mass is 437 g/mol. The zero-order chi connectivity index (χ0) is 22.2.